The first-order chi connectivity index (χ1) is 9.16. The number of sulfonamides is 1. The van der Waals surface area contributed by atoms with E-state index in [0.29, 0.717) is 6.54 Å². The van der Waals surface area contributed by atoms with Gasteiger partial charge in [0.05, 0.1) is 19.0 Å². The van der Waals surface area contributed by atoms with Crippen LogP contribution in [-0.2, 0) is 14.8 Å². The van der Waals surface area contributed by atoms with Crippen LogP contribution < -0.4 is 10.0 Å². The summed E-state index contributed by atoms with van der Waals surface area (Å²) < 4.78 is 31.7. The third-order valence-electron chi connectivity index (χ3n) is 3.66. The molecule has 0 aromatic carbocycles. The van der Waals surface area contributed by atoms with Crippen molar-refractivity contribution < 1.29 is 13.2 Å². The Morgan fingerprint density at radius 1 is 1.32 bits per heavy atom. The zero-order valence-electron chi connectivity index (χ0n) is 11.4. The van der Waals surface area contributed by atoms with Crippen molar-refractivity contribution >= 4 is 10.0 Å². The summed E-state index contributed by atoms with van der Waals surface area (Å²) in [6.07, 6.45) is 2.91. The molecule has 0 aromatic rings. The Balaban J connectivity index is 1.58. The lowest BCUT2D eigenvalue weighted by Gasteiger charge is -2.26. The van der Waals surface area contributed by atoms with Crippen LogP contribution in [0.2, 0.25) is 0 Å². The molecule has 1 unspecified atom stereocenters. The van der Waals surface area contributed by atoms with Gasteiger partial charge in [-0.3, -0.25) is 4.90 Å². The largest absolute Gasteiger partial charge is 0.379 e. The molecular weight excluding hydrogens is 266 g/mol. The number of hydrogen-bond acceptors (Lipinski definition) is 5. The number of morpholine rings is 1. The van der Waals surface area contributed by atoms with Gasteiger partial charge in [0.1, 0.15) is 0 Å². The smallest absolute Gasteiger partial charge is 0.213 e. The maximum Gasteiger partial charge on any atom is 0.213 e. The number of nitrogens with one attached hydrogen (secondary N) is 2. The fraction of sp³-hybridized carbons (Fsp3) is 1.00. The molecule has 0 radical (unpaired) electrons. The summed E-state index contributed by atoms with van der Waals surface area (Å²) in [6.45, 7) is 5.91. The third kappa shape index (κ3) is 5.74. The van der Waals surface area contributed by atoms with Gasteiger partial charge in [0.25, 0.3) is 0 Å². The van der Waals surface area contributed by atoms with Crippen molar-refractivity contribution in [2.45, 2.75) is 25.3 Å². The monoisotopic (exact) mass is 291 g/mol. The number of ether oxygens (including phenoxy) is 1. The van der Waals surface area contributed by atoms with Crippen LogP contribution in [0.1, 0.15) is 19.3 Å². The van der Waals surface area contributed by atoms with E-state index in [1.807, 2.05) is 0 Å². The number of hydrogen-bond donors (Lipinski definition) is 2. The molecule has 2 heterocycles. The lowest BCUT2D eigenvalue weighted by molar-refractivity contribution is 0.0376. The summed E-state index contributed by atoms with van der Waals surface area (Å²) in [7, 11) is -3.12. The van der Waals surface area contributed by atoms with Crippen molar-refractivity contribution in [2.75, 3.05) is 51.7 Å². The maximum atomic E-state index is 11.9. The average Bonchev–Trinajstić information content (AvgIpc) is 2.88. The van der Waals surface area contributed by atoms with Crippen molar-refractivity contribution in [2.24, 2.45) is 0 Å². The van der Waals surface area contributed by atoms with Gasteiger partial charge in [0.2, 0.25) is 10.0 Å². The van der Waals surface area contributed by atoms with Crippen LogP contribution >= 0.6 is 0 Å². The molecule has 6 nitrogen and oxygen atoms in total. The zero-order chi connectivity index (χ0) is 13.6. The van der Waals surface area contributed by atoms with Crippen LogP contribution in [0, 0.1) is 0 Å². The molecule has 112 valence electrons. The summed E-state index contributed by atoms with van der Waals surface area (Å²) in [5.41, 5.74) is 0. The van der Waals surface area contributed by atoms with Crippen LogP contribution in [0.25, 0.3) is 0 Å². The standard InChI is InChI=1S/C12H25N3O3S/c16-19(17,11-12-3-1-4-13-12)14-5-2-6-15-7-9-18-10-8-15/h12-14H,1-11H2. The van der Waals surface area contributed by atoms with E-state index in [-0.39, 0.29) is 11.8 Å². The SMILES string of the molecule is O=S(=O)(CC1CCCN1)NCCCN1CCOCC1. The van der Waals surface area contributed by atoms with E-state index in [1.165, 1.54) is 0 Å². The lowest BCUT2D eigenvalue weighted by atomic mass is 10.3. The summed E-state index contributed by atoms with van der Waals surface area (Å²) >= 11 is 0. The van der Waals surface area contributed by atoms with Gasteiger partial charge in [-0.2, -0.15) is 0 Å². The summed E-state index contributed by atoms with van der Waals surface area (Å²) in [5, 5.41) is 3.21. The molecule has 0 saturated carbocycles. The normalized spacial score (nSPS) is 25.8. The molecular formula is C12H25N3O3S. The average molecular weight is 291 g/mol. The Morgan fingerprint density at radius 3 is 2.79 bits per heavy atom. The number of nitrogens with zero attached hydrogens (tertiary/aromatic N) is 1. The van der Waals surface area contributed by atoms with Crippen LogP contribution in [0.3, 0.4) is 0 Å². The maximum absolute atomic E-state index is 11.9. The first-order valence-corrected chi connectivity index (χ1v) is 8.82. The molecule has 0 amide bonds. The second-order valence-electron chi connectivity index (χ2n) is 5.28. The molecule has 0 aliphatic carbocycles. The molecule has 0 spiro atoms. The summed E-state index contributed by atoms with van der Waals surface area (Å²) in [6, 6.07) is 0.136. The fourth-order valence-electron chi connectivity index (χ4n) is 2.58. The van der Waals surface area contributed by atoms with Crippen molar-refractivity contribution in [3.8, 4) is 0 Å². The molecule has 0 bridgehead atoms. The van der Waals surface area contributed by atoms with Gasteiger partial charge in [-0.25, -0.2) is 13.1 Å². The van der Waals surface area contributed by atoms with E-state index in [0.717, 1.165) is 58.7 Å². The van der Waals surface area contributed by atoms with E-state index in [4.69, 9.17) is 4.74 Å². The first kappa shape index (κ1) is 15.2. The van der Waals surface area contributed by atoms with Crippen molar-refractivity contribution in [1.29, 1.82) is 0 Å². The van der Waals surface area contributed by atoms with Crippen LogP contribution in [0.4, 0.5) is 0 Å². The highest BCUT2D eigenvalue weighted by molar-refractivity contribution is 7.89. The van der Waals surface area contributed by atoms with Crippen LogP contribution in [-0.4, -0.2) is 71.0 Å². The van der Waals surface area contributed by atoms with Crippen LogP contribution in [0.15, 0.2) is 0 Å². The number of rotatable bonds is 7. The van der Waals surface area contributed by atoms with Crippen molar-refractivity contribution in [3.63, 3.8) is 0 Å². The third-order valence-corrected chi connectivity index (χ3v) is 5.14. The minimum absolute atomic E-state index is 0.136. The Bertz CT molecular complexity index is 349. The van der Waals surface area contributed by atoms with E-state index in [1.54, 1.807) is 0 Å². The fourth-order valence-corrected chi connectivity index (χ4v) is 3.97. The Kier molecular flexibility index (Phi) is 6.03. The van der Waals surface area contributed by atoms with Gasteiger partial charge < -0.3 is 10.1 Å². The van der Waals surface area contributed by atoms with E-state index in [2.05, 4.69) is 14.9 Å². The molecule has 2 rings (SSSR count). The molecule has 7 heteroatoms. The summed E-state index contributed by atoms with van der Waals surface area (Å²) in [5.74, 6) is 0.213. The highest BCUT2D eigenvalue weighted by Crippen LogP contribution is 2.07. The molecule has 2 saturated heterocycles. The predicted molar refractivity (Wildman–Crippen MR) is 74.7 cm³/mol. The molecule has 0 aromatic heterocycles. The van der Waals surface area contributed by atoms with E-state index < -0.39 is 10.0 Å². The molecule has 2 aliphatic heterocycles. The zero-order valence-corrected chi connectivity index (χ0v) is 12.3. The predicted octanol–water partition coefficient (Wildman–Crippen LogP) is -0.620. The Hall–Kier alpha value is -0.210. The molecule has 19 heavy (non-hydrogen) atoms. The minimum Gasteiger partial charge on any atom is -0.379 e. The van der Waals surface area contributed by atoms with Crippen molar-refractivity contribution in [1.82, 2.24) is 14.9 Å². The van der Waals surface area contributed by atoms with E-state index in [9.17, 15) is 8.42 Å². The van der Waals surface area contributed by atoms with Gasteiger partial charge in [0.15, 0.2) is 0 Å². The van der Waals surface area contributed by atoms with Gasteiger partial charge in [-0.1, -0.05) is 0 Å². The van der Waals surface area contributed by atoms with Crippen molar-refractivity contribution in [3.05, 3.63) is 0 Å². The second-order valence-corrected chi connectivity index (χ2v) is 7.13. The topological polar surface area (TPSA) is 70.7 Å². The molecule has 1 atom stereocenters. The molecule has 2 fully saturated rings. The highest BCUT2D eigenvalue weighted by Gasteiger charge is 2.21. The van der Waals surface area contributed by atoms with Gasteiger partial charge in [-0.15, -0.1) is 0 Å². The van der Waals surface area contributed by atoms with Gasteiger partial charge >= 0.3 is 0 Å². The van der Waals surface area contributed by atoms with Crippen LogP contribution in [0.5, 0.6) is 0 Å². The molecule has 2 aliphatic rings. The first-order valence-electron chi connectivity index (χ1n) is 7.16. The quantitative estimate of drug-likeness (QED) is 0.612. The lowest BCUT2D eigenvalue weighted by Crippen LogP contribution is -2.39. The highest BCUT2D eigenvalue weighted by atomic mass is 32.2. The Morgan fingerprint density at radius 2 is 2.11 bits per heavy atom. The van der Waals surface area contributed by atoms with E-state index >= 15 is 0 Å². The van der Waals surface area contributed by atoms with Gasteiger partial charge in [-0.05, 0) is 32.4 Å². The second kappa shape index (κ2) is 7.54. The minimum atomic E-state index is -3.12. The molecule has 2 N–H and O–H groups in total. The van der Waals surface area contributed by atoms with Gasteiger partial charge in [0, 0.05) is 25.7 Å². The Labute approximate surface area is 115 Å². The summed E-state index contributed by atoms with van der Waals surface area (Å²) in [4.78, 5) is 2.32.